The molecule has 1 amide bonds. The summed E-state index contributed by atoms with van der Waals surface area (Å²) in [5.74, 6) is -0.742. The largest absolute Gasteiger partial charge is 0.451 e. The molecule has 0 N–H and O–H groups in total. The molecule has 0 bridgehead atoms. The summed E-state index contributed by atoms with van der Waals surface area (Å²) >= 11 is 13.9. The molecular weight excluding hydrogens is 479 g/mol. The fourth-order valence-electron chi connectivity index (χ4n) is 4.15. The number of thioether (sulfide) groups is 1. The van der Waals surface area contributed by atoms with E-state index in [1.54, 1.807) is 23.1 Å². The fraction of sp³-hybridized carbons (Fsp3) is 0.440. The Hall–Kier alpha value is -1.73. The van der Waals surface area contributed by atoms with E-state index in [1.807, 2.05) is 24.3 Å². The van der Waals surface area contributed by atoms with Gasteiger partial charge >= 0.3 is 5.97 Å². The average molecular weight is 509 g/mol. The van der Waals surface area contributed by atoms with Crippen LogP contribution in [0.2, 0.25) is 10.0 Å². The van der Waals surface area contributed by atoms with Crippen LogP contribution in [0.1, 0.15) is 45.4 Å². The van der Waals surface area contributed by atoms with E-state index >= 15 is 0 Å². The number of esters is 1. The second kappa shape index (κ2) is 11.1. The predicted octanol–water partition coefficient (Wildman–Crippen LogP) is 6.22. The van der Waals surface area contributed by atoms with Gasteiger partial charge in [0, 0.05) is 47.0 Å². The highest BCUT2D eigenvalue weighted by molar-refractivity contribution is 7.99. The first kappa shape index (κ1) is 25.9. The van der Waals surface area contributed by atoms with E-state index in [2.05, 4.69) is 32.6 Å². The number of anilines is 1. The second-order valence-electron chi connectivity index (χ2n) is 8.65. The number of carbonyl (C=O) groups excluding carboxylic acids is 2. The monoisotopic (exact) mass is 508 g/mol. The van der Waals surface area contributed by atoms with Crippen LogP contribution in [0.5, 0.6) is 0 Å². The topological polar surface area (TPSA) is 49.9 Å². The van der Waals surface area contributed by atoms with Crippen LogP contribution in [0.15, 0.2) is 47.4 Å². The van der Waals surface area contributed by atoms with Crippen LogP contribution in [-0.4, -0.2) is 48.1 Å². The van der Waals surface area contributed by atoms with Gasteiger partial charge in [-0.3, -0.25) is 14.5 Å². The van der Waals surface area contributed by atoms with Crippen molar-refractivity contribution in [2.24, 2.45) is 0 Å². The lowest BCUT2D eigenvalue weighted by atomic mass is 10.1. The minimum absolute atomic E-state index is 0.244. The molecule has 1 aliphatic rings. The molecule has 2 atom stereocenters. The predicted molar refractivity (Wildman–Crippen MR) is 136 cm³/mol. The summed E-state index contributed by atoms with van der Waals surface area (Å²) < 4.78 is 5.64. The normalized spacial score (nSPS) is 18.6. The molecule has 0 aromatic heterocycles. The number of fused-ring (bicyclic) bond motifs is 1. The molecule has 3 rings (SSSR count). The molecule has 0 radical (unpaired) electrons. The number of amides is 1. The molecule has 1 heterocycles. The van der Waals surface area contributed by atoms with Crippen molar-refractivity contribution >= 4 is 52.5 Å². The Kier molecular flexibility index (Phi) is 8.73. The van der Waals surface area contributed by atoms with Crippen LogP contribution in [0.25, 0.3) is 0 Å². The third-order valence-electron chi connectivity index (χ3n) is 5.65. The first-order valence-electron chi connectivity index (χ1n) is 11.0. The van der Waals surface area contributed by atoms with Gasteiger partial charge in [0.05, 0.1) is 10.9 Å². The van der Waals surface area contributed by atoms with Crippen molar-refractivity contribution in [3.63, 3.8) is 0 Å². The van der Waals surface area contributed by atoms with Gasteiger partial charge in [-0.25, -0.2) is 0 Å². The van der Waals surface area contributed by atoms with Gasteiger partial charge in [-0.2, -0.15) is 0 Å². The molecule has 2 aromatic carbocycles. The summed E-state index contributed by atoms with van der Waals surface area (Å²) in [4.78, 5) is 30.9. The summed E-state index contributed by atoms with van der Waals surface area (Å²) in [6.07, 6.45) is -0.980. The molecule has 33 heavy (non-hydrogen) atoms. The average Bonchev–Trinajstić information content (AvgIpc) is 2.83. The highest BCUT2D eigenvalue weighted by Crippen LogP contribution is 2.47. The number of hydrogen-bond acceptors (Lipinski definition) is 5. The second-order valence-corrected chi connectivity index (χ2v) is 10.7. The summed E-state index contributed by atoms with van der Waals surface area (Å²) in [6, 6.07) is 13.5. The van der Waals surface area contributed by atoms with Gasteiger partial charge in [-0.05, 0) is 63.6 Å². The zero-order chi connectivity index (χ0) is 24.3. The van der Waals surface area contributed by atoms with Gasteiger partial charge in [-0.15, -0.1) is 11.8 Å². The van der Waals surface area contributed by atoms with Crippen LogP contribution in [0.3, 0.4) is 0 Å². The highest BCUT2D eigenvalue weighted by atomic mass is 35.5. The lowest BCUT2D eigenvalue weighted by molar-refractivity contribution is -0.152. The summed E-state index contributed by atoms with van der Waals surface area (Å²) in [6.45, 7) is 11.1. The van der Waals surface area contributed by atoms with Crippen molar-refractivity contribution in [1.82, 2.24) is 4.90 Å². The van der Waals surface area contributed by atoms with Gasteiger partial charge in [0.15, 0.2) is 6.10 Å². The lowest BCUT2D eigenvalue weighted by Gasteiger charge is -2.34. The summed E-state index contributed by atoms with van der Waals surface area (Å²) in [7, 11) is 0. The minimum Gasteiger partial charge on any atom is -0.451 e. The number of hydrogen-bond donors (Lipinski definition) is 0. The number of halogens is 2. The van der Waals surface area contributed by atoms with Crippen LogP contribution in [-0.2, 0) is 14.3 Å². The first-order valence-corrected chi connectivity index (χ1v) is 12.7. The van der Waals surface area contributed by atoms with Gasteiger partial charge in [0.25, 0.3) is 5.91 Å². The van der Waals surface area contributed by atoms with Crippen molar-refractivity contribution in [2.75, 3.05) is 18.0 Å². The Morgan fingerprint density at radius 2 is 1.67 bits per heavy atom. The third-order valence-corrected chi connectivity index (χ3v) is 7.49. The van der Waals surface area contributed by atoms with Crippen molar-refractivity contribution in [3.05, 3.63) is 58.1 Å². The van der Waals surface area contributed by atoms with Crippen LogP contribution >= 0.6 is 35.0 Å². The van der Waals surface area contributed by atoms with E-state index in [4.69, 9.17) is 27.9 Å². The maximum atomic E-state index is 13.9. The zero-order valence-electron chi connectivity index (χ0n) is 19.5. The van der Waals surface area contributed by atoms with E-state index < -0.39 is 17.3 Å². The van der Waals surface area contributed by atoms with E-state index in [0.717, 1.165) is 16.1 Å². The fourth-order valence-corrected chi connectivity index (χ4v) is 5.87. The van der Waals surface area contributed by atoms with E-state index in [0.29, 0.717) is 35.2 Å². The van der Waals surface area contributed by atoms with Gasteiger partial charge in [-0.1, -0.05) is 35.3 Å². The number of nitrogens with zero attached hydrogens (tertiary/aromatic N) is 2. The Bertz CT molecular complexity index is 990. The van der Waals surface area contributed by atoms with Crippen molar-refractivity contribution < 1.29 is 14.3 Å². The van der Waals surface area contributed by atoms with Crippen LogP contribution in [0.4, 0.5) is 5.69 Å². The maximum Gasteiger partial charge on any atom is 0.303 e. The molecule has 0 aliphatic carbocycles. The molecule has 0 unspecified atom stereocenters. The maximum absolute atomic E-state index is 13.9. The molecule has 1 aliphatic heterocycles. The molecule has 8 heteroatoms. The molecule has 0 fully saturated rings. The molecule has 5 nitrogen and oxygen atoms in total. The summed E-state index contributed by atoms with van der Waals surface area (Å²) in [5, 5.41) is 0.743. The molecule has 2 aromatic rings. The zero-order valence-corrected chi connectivity index (χ0v) is 21.9. The Morgan fingerprint density at radius 1 is 1.06 bits per heavy atom. The molecule has 0 spiro atoms. The quantitative estimate of drug-likeness (QED) is 0.415. The SMILES string of the molecule is CC(=O)O[C@@H]1C(=O)N(CCN(C(C)C)C(C)C)c2ccc(Cl)cc2S[C@H]1c1ccc(Cl)cc1. The van der Waals surface area contributed by atoms with E-state index in [-0.39, 0.29) is 5.91 Å². The van der Waals surface area contributed by atoms with Gasteiger partial charge in [0.1, 0.15) is 0 Å². The van der Waals surface area contributed by atoms with Crippen LogP contribution in [0, 0.1) is 0 Å². The molecule has 0 saturated carbocycles. The highest BCUT2D eigenvalue weighted by Gasteiger charge is 2.41. The lowest BCUT2D eigenvalue weighted by Crippen LogP contribution is -2.48. The third kappa shape index (κ3) is 6.24. The molecule has 0 saturated heterocycles. The van der Waals surface area contributed by atoms with E-state index in [9.17, 15) is 9.59 Å². The molecular formula is C25H30Cl2N2O3S. The Balaban J connectivity index is 2.06. The molecule has 178 valence electrons. The summed E-state index contributed by atoms with van der Waals surface area (Å²) in [5.41, 5.74) is 1.62. The Labute approximate surface area is 210 Å². The van der Waals surface area contributed by atoms with Crippen molar-refractivity contribution in [3.8, 4) is 0 Å². The number of rotatable bonds is 7. The standard InChI is InChI=1S/C25H30Cl2N2O3S/c1-15(2)28(16(3)4)12-13-29-21-11-10-20(27)14-22(21)33-24(18-6-8-19(26)9-7-18)23(25(29)31)32-17(5)30/h6-11,14-16,23-24H,12-13H2,1-5H3/t23-,24-/m0/s1. The van der Waals surface area contributed by atoms with E-state index in [1.165, 1.54) is 18.7 Å². The number of benzene rings is 2. The van der Waals surface area contributed by atoms with Gasteiger partial charge in [0.2, 0.25) is 0 Å². The Morgan fingerprint density at radius 3 is 2.24 bits per heavy atom. The van der Waals surface area contributed by atoms with Crippen LogP contribution < -0.4 is 4.90 Å². The van der Waals surface area contributed by atoms with Gasteiger partial charge < -0.3 is 9.64 Å². The van der Waals surface area contributed by atoms with Crippen molar-refractivity contribution in [1.29, 1.82) is 0 Å². The minimum atomic E-state index is -0.980. The first-order chi connectivity index (χ1) is 15.6. The van der Waals surface area contributed by atoms with Crippen molar-refractivity contribution in [2.45, 2.75) is 63.0 Å². The smallest absolute Gasteiger partial charge is 0.303 e. The number of ether oxygens (including phenoxy) is 1. The number of carbonyl (C=O) groups is 2.